The average Bonchev–Trinajstić information content (AvgIpc) is 2.27. The van der Waals surface area contributed by atoms with E-state index in [1.807, 2.05) is 0 Å². The Hall–Kier alpha value is -1.97. The third kappa shape index (κ3) is 2.49. The summed E-state index contributed by atoms with van der Waals surface area (Å²) in [5.41, 5.74) is 0.711. The Morgan fingerprint density at radius 3 is 1.87 bits per heavy atom. The minimum atomic E-state index is -0.912. The van der Waals surface area contributed by atoms with Gasteiger partial charge < -0.3 is 4.74 Å². The van der Waals surface area contributed by atoms with Gasteiger partial charge in [-0.2, -0.15) is 0 Å². The van der Waals surface area contributed by atoms with Crippen molar-refractivity contribution in [3.63, 3.8) is 0 Å². The number of hydrogen-bond donors (Lipinski definition) is 0. The van der Waals surface area contributed by atoms with E-state index >= 15 is 0 Å². The van der Waals surface area contributed by atoms with Crippen LogP contribution in [0.15, 0.2) is 24.3 Å². The Morgan fingerprint density at radius 1 is 1.00 bits per heavy atom. The number of methoxy groups -OCH3 is 1. The lowest BCUT2D eigenvalue weighted by molar-refractivity contribution is -0.135. The van der Waals surface area contributed by atoms with Crippen molar-refractivity contribution >= 4 is 17.5 Å². The van der Waals surface area contributed by atoms with Crippen molar-refractivity contribution in [1.82, 2.24) is 0 Å². The SMILES string of the molecule is COC(=O)C(=O)c1ccc(C(C)=O)cc1. The quantitative estimate of drug-likeness (QED) is 0.424. The zero-order valence-corrected chi connectivity index (χ0v) is 8.44. The molecule has 0 unspecified atom stereocenters. The van der Waals surface area contributed by atoms with Gasteiger partial charge in [0, 0.05) is 11.1 Å². The Labute approximate surface area is 86.9 Å². The van der Waals surface area contributed by atoms with Crippen LogP contribution in [-0.2, 0) is 9.53 Å². The van der Waals surface area contributed by atoms with Crippen LogP contribution in [0.1, 0.15) is 27.6 Å². The van der Waals surface area contributed by atoms with Gasteiger partial charge in [0.25, 0.3) is 5.78 Å². The summed E-state index contributed by atoms with van der Waals surface area (Å²) in [6.45, 7) is 1.43. The predicted octanol–water partition coefficient (Wildman–Crippen LogP) is 1.24. The number of ether oxygens (including phenoxy) is 1. The molecule has 0 atom stereocenters. The Bertz CT molecular complexity index is 403. The maximum absolute atomic E-state index is 11.3. The Balaban J connectivity index is 2.94. The highest BCUT2D eigenvalue weighted by Crippen LogP contribution is 2.06. The minimum Gasteiger partial charge on any atom is -0.463 e. The highest BCUT2D eigenvalue weighted by atomic mass is 16.5. The molecule has 4 nitrogen and oxygen atoms in total. The van der Waals surface area contributed by atoms with Crippen LogP contribution in [0.25, 0.3) is 0 Å². The number of esters is 1. The molecule has 0 N–H and O–H groups in total. The fraction of sp³-hybridized carbons (Fsp3) is 0.182. The second-order valence-corrected chi connectivity index (χ2v) is 2.95. The summed E-state index contributed by atoms with van der Waals surface area (Å²) < 4.78 is 4.29. The molecule has 0 heterocycles. The first kappa shape index (κ1) is 11.1. The van der Waals surface area contributed by atoms with Crippen LogP contribution >= 0.6 is 0 Å². The summed E-state index contributed by atoms with van der Waals surface area (Å²) in [5.74, 6) is -1.72. The number of Topliss-reactive ketones (excluding diaryl/α,β-unsaturated/α-hetero) is 2. The standard InChI is InChI=1S/C11H10O4/c1-7(12)8-3-5-9(6-4-8)10(13)11(14)15-2/h3-6H,1-2H3. The fourth-order valence-corrected chi connectivity index (χ4v) is 1.07. The first-order valence-electron chi connectivity index (χ1n) is 4.30. The lowest BCUT2D eigenvalue weighted by Gasteiger charge is -1.99. The molecule has 0 saturated heterocycles. The second kappa shape index (κ2) is 4.50. The summed E-state index contributed by atoms with van der Waals surface area (Å²) >= 11 is 0. The molecule has 0 fully saturated rings. The Kier molecular flexibility index (Phi) is 3.33. The summed E-state index contributed by atoms with van der Waals surface area (Å²) in [7, 11) is 1.14. The van der Waals surface area contributed by atoms with Crippen molar-refractivity contribution in [2.24, 2.45) is 0 Å². The van der Waals surface area contributed by atoms with Crippen LogP contribution in [-0.4, -0.2) is 24.6 Å². The number of ketones is 2. The molecule has 1 aromatic carbocycles. The van der Waals surface area contributed by atoms with Gasteiger partial charge in [-0.05, 0) is 6.92 Å². The van der Waals surface area contributed by atoms with E-state index in [0.29, 0.717) is 5.56 Å². The fourth-order valence-electron chi connectivity index (χ4n) is 1.07. The molecular formula is C11H10O4. The van der Waals surface area contributed by atoms with E-state index in [1.165, 1.54) is 31.2 Å². The smallest absolute Gasteiger partial charge is 0.379 e. The molecule has 0 aliphatic rings. The molecule has 0 saturated carbocycles. The third-order valence-corrected chi connectivity index (χ3v) is 1.92. The van der Waals surface area contributed by atoms with Crippen LogP contribution in [0.3, 0.4) is 0 Å². The van der Waals surface area contributed by atoms with Crippen LogP contribution < -0.4 is 0 Å². The maximum atomic E-state index is 11.3. The first-order valence-corrected chi connectivity index (χ1v) is 4.30. The summed E-state index contributed by atoms with van der Waals surface area (Å²) in [6, 6.07) is 5.85. The molecule has 0 aliphatic carbocycles. The highest BCUT2D eigenvalue weighted by Gasteiger charge is 2.16. The first-order chi connectivity index (χ1) is 7.06. The molecule has 0 amide bonds. The van der Waals surface area contributed by atoms with E-state index in [4.69, 9.17) is 0 Å². The molecule has 78 valence electrons. The van der Waals surface area contributed by atoms with Crippen LogP contribution in [0.5, 0.6) is 0 Å². The summed E-state index contributed by atoms with van der Waals surface area (Å²) in [4.78, 5) is 33.1. The van der Waals surface area contributed by atoms with Gasteiger partial charge in [0.15, 0.2) is 5.78 Å². The number of carbonyl (C=O) groups is 3. The van der Waals surface area contributed by atoms with E-state index in [-0.39, 0.29) is 11.3 Å². The third-order valence-electron chi connectivity index (χ3n) is 1.92. The van der Waals surface area contributed by atoms with Crippen LogP contribution in [0, 0.1) is 0 Å². The molecule has 1 rings (SSSR count). The maximum Gasteiger partial charge on any atom is 0.379 e. The average molecular weight is 206 g/mol. The summed E-state index contributed by atoms with van der Waals surface area (Å²) in [6.07, 6.45) is 0. The molecule has 1 aromatic rings. The lowest BCUT2D eigenvalue weighted by Crippen LogP contribution is -2.15. The van der Waals surface area contributed by atoms with E-state index in [1.54, 1.807) is 0 Å². The van der Waals surface area contributed by atoms with Crippen LogP contribution in [0.4, 0.5) is 0 Å². The predicted molar refractivity (Wildman–Crippen MR) is 52.8 cm³/mol. The van der Waals surface area contributed by atoms with Gasteiger partial charge in [0.2, 0.25) is 0 Å². The molecule has 0 bridgehead atoms. The van der Waals surface area contributed by atoms with E-state index in [2.05, 4.69) is 4.74 Å². The van der Waals surface area contributed by atoms with E-state index in [0.717, 1.165) is 7.11 Å². The van der Waals surface area contributed by atoms with Gasteiger partial charge >= 0.3 is 5.97 Å². The van der Waals surface area contributed by atoms with Gasteiger partial charge in [0.05, 0.1) is 7.11 Å². The molecule has 0 aliphatic heterocycles. The topological polar surface area (TPSA) is 60.4 Å². The molecular weight excluding hydrogens is 196 g/mol. The molecule has 0 spiro atoms. The lowest BCUT2D eigenvalue weighted by atomic mass is 10.1. The number of carbonyl (C=O) groups excluding carboxylic acids is 3. The molecule has 4 heteroatoms. The van der Waals surface area contributed by atoms with Crippen molar-refractivity contribution in [3.05, 3.63) is 35.4 Å². The monoisotopic (exact) mass is 206 g/mol. The van der Waals surface area contributed by atoms with Crippen LogP contribution in [0.2, 0.25) is 0 Å². The van der Waals surface area contributed by atoms with Gasteiger partial charge in [-0.15, -0.1) is 0 Å². The number of benzene rings is 1. The molecule has 15 heavy (non-hydrogen) atoms. The van der Waals surface area contributed by atoms with Gasteiger partial charge in [-0.1, -0.05) is 24.3 Å². The van der Waals surface area contributed by atoms with Crippen molar-refractivity contribution in [2.45, 2.75) is 6.92 Å². The van der Waals surface area contributed by atoms with Gasteiger partial charge in [0.1, 0.15) is 0 Å². The van der Waals surface area contributed by atoms with Crippen molar-refractivity contribution in [2.75, 3.05) is 7.11 Å². The molecule has 0 aromatic heterocycles. The normalized spacial score (nSPS) is 9.47. The zero-order valence-electron chi connectivity index (χ0n) is 8.44. The van der Waals surface area contributed by atoms with E-state index in [9.17, 15) is 14.4 Å². The number of hydrogen-bond acceptors (Lipinski definition) is 4. The van der Waals surface area contributed by atoms with Crippen molar-refractivity contribution in [3.8, 4) is 0 Å². The van der Waals surface area contributed by atoms with Gasteiger partial charge in [-0.25, -0.2) is 4.79 Å². The Morgan fingerprint density at radius 2 is 1.47 bits per heavy atom. The molecule has 0 radical (unpaired) electrons. The number of rotatable bonds is 3. The van der Waals surface area contributed by atoms with Gasteiger partial charge in [-0.3, -0.25) is 9.59 Å². The largest absolute Gasteiger partial charge is 0.463 e. The zero-order chi connectivity index (χ0) is 11.4. The van der Waals surface area contributed by atoms with Crippen molar-refractivity contribution < 1.29 is 19.1 Å². The highest BCUT2D eigenvalue weighted by molar-refractivity contribution is 6.40. The second-order valence-electron chi connectivity index (χ2n) is 2.95. The van der Waals surface area contributed by atoms with E-state index < -0.39 is 11.8 Å². The minimum absolute atomic E-state index is 0.0907. The van der Waals surface area contributed by atoms with Crippen molar-refractivity contribution in [1.29, 1.82) is 0 Å². The summed E-state index contributed by atoms with van der Waals surface area (Å²) in [5, 5.41) is 0.